The van der Waals surface area contributed by atoms with Gasteiger partial charge in [-0.25, -0.2) is 14.6 Å². The van der Waals surface area contributed by atoms with Gasteiger partial charge in [0.05, 0.1) is 23.9 Å². The Kier molecular flexibility index (Phi) is 6.19. The zero-order valence-electron chi connectivity index (χ0n) is 16.8. The molecule has 6 heteroatoms. The zero-order chi connectivity index (χ0) is 21.6. The maximum atomic E-state index is 12.8. The largest absolute Gasteiger partial charge is 0.465 e. The standard InChI is InChI=1S/C25H19NO4S/c1-29-25(28)24-21(16-30-22(27)14-13-18-10-7-15-31-18)26-20-12-6-5-11-19(20)23(24)17-8-3-2-4-9-17/h2-15H,16H2,1H3/b14-13+. The number of hydrogen-bond donors (Lipinski definition) is 0. The highest BCUT2D eigenvalue weighted by atomic mass is 32.1. The first-order valence-electron chi connectivity index (χ1n) is 9.61. The van der Waals surface area contributed by atoms with Gasteiger partial charge in [0.25, 0.3) is 0 Å². The van der Waals surface area contributed by atoms with Crippen molar-refractivity contribution in [2.75, 3.05) is 7.11 Å². The van der Waals surface area contributed by atoms with E-state index in [1.807, 2.05) is 72.1 Å². The molecule has 31 heavy (non-hydrogen) atoms. The van der Waals surface area contributed by atoms with Crippen LogP contribution in [0.25, 0.3) is 28.1 Å². The molecule has 0 fully saturated rings. The molecule has 0 saturated carbocycles. The molecule has 0 bridgehead atoms. The number of para-hydroxylation sites is 1. The molecule has 0 saturated heterocycles. The van der Waals surface area contributed by atoms with Gasteiger partial charge in [0.15, 0.2) is 0 Å². The van der Waals surface area contributed by atoms with Crippen LogP contribution in [-0.2, 0) is 20.9 Å². The second kappa shape index (κ2) is 9.36. The monoisotopic (exact) mass is 429 g/mol. The number of carbonyl (C=O) groups is 2. The predicted molar refractivity (Wildman–Crippen MR) is 122 cm³/mol. The number of benzene rings is 2. The van der Waals surface area contributed by atoms with Crippen LogP contribution in [0, 0.1) is 0 Å². The summed E-state index contributed by atoms with van der Waals surface area (Å²) in [5, 5.41) is 2.75. The summed E-state index contributed by atoms with van der Waals surface area (Å²) in [7, 11) is 1.33. The van der Waals surface area contributed by atoms with Gasteiger partial charge in [-0.2, -0.15) is 0 Å². The number of hydrogen-bond acceptors (Lipinski definition) is 6. The molecule has 4 aromatic rings. The summed E-state index contributed by atoms with van der Waals surface area (Å²) in [6.45, 7) is -0.150. The van der Waals surface area contributed by atoms with Crippen molar-refractivity contribution in [2.45, 2.75) is 6.61 Å². The van der Waals surface area contributed by atoms with Gasteiger partial charge in [-0.3, -0.25) is 0 Å². The van der Waals surface area contributed by atoms with Crippen LogP contribution in [-0.4, -0.2) is 24.0 Å². The highest BCUT2D eigenvalue weighted by molar-refractivity contribution is 7.10. The molecular formula is C25H19NO4S. The fourth-order valence-electron chi connectivity index (χ4n) is 3.32. The Morgan fingerprint density at radius 1 is 1.00 bits per heavy atom. The highest BCUT2D eigenvalue weighted by Crippen LogP contribution is 2.34. The average Bonchev–Trinajstić information content (AvgIpc) is 3.34. The SMILES string of the molecule is COC(=O)c1c(COC(=O)/C=C/c2cccs2)nc2ccccc2c1-c1ccccc1. The van der Waals surface area contributed by atoms with Gasteiger partial charge in [0.1, 0.15) is 6.61 Å². The number of rotatable bonds is 6. The molecule has 2 aromatic carbocycles. The van der Waals surface area contributed by atoms with Crippen molar-refractivity contribution in [3.63, 3.8) is 0 Å². The van der Waals surface area contributed by atoms with E-state index in [4.69, 9.17) is 9.47 Å². The van der Waals surface area contributed by atoms with E-state index in [1.54, 1.807) is 6.08 Å². The van der Waals surface area contributed by atoms with Crippen LogP contribution in [0.15, 0.2) is 78.2 Å². The number of aromatic nitrogens is 1. The minimum absolute atomic E-state index is 0.150. The Morgan fingerprint density at radius 2 is 1.77 bits per heavy atom. The summed E-state index contributed by atoms with van der Waals surface area (Å²) in [5.74, 6) is -1.04. The number of carbonyl (C=O) groups excluding carboxylic acids is 2. The minimum atomic E-state index is -0.530. The predicted octanol–water partition coefficient (Wildman–Crippen LogP) is 5.51. The summed E-state index contributed by atoms with van der Waals surface area (Å²) < 4.78 is 10.5. The van der Waals surface area contributed by atoms with E-state index in [0.29, 0.717) is 22.3 Å². The lowest BCUT2D eigenvalue weighted by Crippen LogP contribution is -2.13. The molecule has 0 unspecified atom stereocenters. The van der Waals surface area contributed by atoms with E-state index in [0.717, 1.165) is 15.8 Å². The summed E-state index contributed by atoms with van der Waals surface area (Å²) in [4.78, 5) is 30.6. The van der Waals surface area contributed by atoms with Gasteiger partial charge in [-0.15, -0.1) is 11.3 Å². The molecule has 5 nitrogen and oxygen atoms in total. The lowest BCUT2D eigenvalue weighted by molar-refractivity contribution is -0.139. The lowest BCUT2D eigenvalue weighted by Gasteiger charge is -2.16. The van der Waals surface area contributed by atoms with Crippen LogP contribution in [0.4, 0.5) is 0 Å². The molecule has 0 aliphatic carbocycles. The summed E-state index contributed by atoms with van der Waals surface area (Å²) in [6, 6.07) is 20.9. The third-order valence-corrected chi connectivity index (χ3v) is 5.53. The third kappa shape index (κ3) is 4.54. The fraction of sp³-hybridized carbons (Fsp3) is 0.0800. The molecule has 154 valence electrons. The molecule has 0 aliphatic rings. The fourth-order valence-corrected chi connectivity index (χ4v) is 3.94. The molecule has 2 heterocycles. The summed E-state index contributed by atoms with van der Waals surface area (Å²) in [5.41, 5.74) is 2.91. The normalized spacial score (nSPS) is 11.0. The average molecular weight is 429 g/mol. The maximum Gasteiger partial charge on any atom is 0.340 e. The van der Waals surface area contributed by atoms with Gasteiger partial charge in [-0.05, 0) is 29.2 Å². The van der Waals surface area contributed by atoms with Gasteiger partial charge in [-0.1, -0.05) is 54.6 Å². The second-order valence-corrected chi connectivity index (χ2v) is 7.62. The van der Waals surface area contributed by atoms with E-state index in [-0.39, 0.29) is 6.61 Å². The van der Waals surface area contributed by atoms with Gasteiger partial charge in [0, 0.05) is 21.9 Å². The Morgan fingerprint density at radius 3 is 2.52 bits per heavy atom. The van der Waals surface area contributed by atoms with Crippen LogP contribution in [0.3, 0.4) is 0 Å². The Balaban J connectivity index is 1.75. The number of thiophene rings is 1. The maximum absolute atomic E-state index is 12.8. The van der Waals surface area contributed by atoms with E-state index >= 15 is 0 Å². The Bertz CT molecular complexity index is 1250. The topological polar surface area (TPSA) is 65.5 Å². The van der Waals surface area contributed by atoms with Crippen LogP contribution < -0.4 is 0 Å². The van der Waals surface area contributed by atoms with Crippen LogP contribution in [0.2, 0.25) is 0 Å². The van der Waals surface area contributed by atoms with Crippen molar-refractivity contribution in [3.8, 4) is 11.1 Å². The van der Waals surface area contributed by atoms with E-state index in [9.17, 15) is 9.59 Å². The van der Waals surface area contributed by atoms with E-state index in [2.05, 4.69) is 4.98 Å². The van der Waals surface area contributed by atoms with Gasteiger partial charge in [0.2, 0.25) is 0 Å². The Labute approximate surface area is 183 Å². The smallest absolute Gasteiger partial charge is 0.340 e. The van der Waals surface area contributed by atoms with Crippen molar-refractivity contribution in [1.29, 1.82) is 0 Å². The van der Waals surface area contributed by atoms with Crippen molar-refractivity contribution in [2.24, 2.45) is 0 Å². The molecule has 2 aromatic heterocycles. The number of methoxy groups -OCH3 is 1. The van der Waals surface area contributed by atoms with Crippen molar-refractivity contribution in [3.05, 3.63) is 94.3 Å². The molecule has 4 rings (SSSR count). The molecular weight excluding hydrogens is 410 g/mol. The van der Waals surface area contributed by atoms with Crippen molar-refractivity contribution < 1.29 is 19.1 Å². The van der Waals surface area contributed by atoms with Crippen molar-refractivity contribution in [1.82, 2.24) is 4.98 Å². The highest BCUT2D eigenvalue weighted by Gasteiger charge is 2.23. The molecule has 0 spiro atoms. The first kappa shape index (κ1) is 20.5. The summed E-state index contributed by atoms with van der Waals surface area (Å²) >= 11 is 1.52. The first-order valence-corrected chi connectivity index (χ1v) is 10.5. The Hall–Kier alpha value is -3.77. The zero-order valence-corrected chi connectivity index (χ0v) is 17.6. The molecule has 0 aliphatic heterocycles. The summed E-state index contributed by atoms with van der Waals surface area (Å²) in [6.07, 6.45) is 3.06. The third-order valence-electron chi connectivity index (χ3n) is 4.70. The van der Waals surface area contributed by atoms with Crippen LogP contribution in [0.1, 0.15) is 20.9 Å². The molecule has 0 N–H and O–H groups in total. The molecule has 0 amide bonds. The van der Waals surface area contributed by atoms with Gasteiger partial charge >= 0.3 is 11.9 Å². The molecule has 0 atom stereocenters. The minimum Gasteiger partial charge on any atom is -0.465 e. The van der Waals surface area contributed by atoms with E-state index in [1.165, 1.54) is 24.5 Å². The van der Waals surface area contributed by atoms with Gasteiger partial charge < -0.3 is 9.47 Å². The first-order chi connectivity index (χ1) is 15.2. The number of fused-ring (bicyclic) bond motifs is 1. The number of ether oxygens (including phenoxy) is 2. The number of nitrogens with zero attached hydrogens (tertiary/aromatic N) is 1. The quantitative estimate of drug-likeness (QED) is 0.299. The number of esters is 2. The van der Waals surface area contributed by atoms with Crippen LogP contribution in [0.5, 0.6) is 0 Å². The lowest BCUT2D eigenvalue weighted by atomic mass is 9.94. The second-order valence-electron chi connectivity index (χ2n) is 6.64. The van der Waals surface area contributed by atoms with Crippen LogP contribution >= 0.6 is 11.3 Å². The number of pyridine rings is 1. The molecule has 0 radical (unpaired) electrons. The van der Waals surface area contributed by atoms with Crippen molar-refractivity contribution >= 4 is 40.3 Å². The van der Waals surface area contributed by atoms with E-state index < -0.39 is 11.9 Å².